The topological polar surface area (TPSA) is 12.0 Å². The van der Waals surface area contributed by atoms with Gasteiger partial charge in [-0.05, 0) is 36.1 Å². The van der Waals surface area contributed by atoms with Crippen molar-refractivity contribution in [3.05, 3.63) is 71.3 Å². The van der Waals surface area contributed by atoms with Gasteiger partial charge in [0.25, 0.3) is 0 Å². The molecule has 0 saturated heterocycles. The van der Waals surface area contributed by atoms with E-state index in [1.54, 1.807) is 0 Å². The number of rotatable bonds is 4. The fourth-order valence-electron chi connectivity index (χ4n) is 2.80. The first-order chi connectivity index (χ1) is 9.34. The lowest BCUT2D eigenvalue weighted by molar-refractivity contribution is 0.539. The van der Waals surface area contributed by atoms with Gasteiger partial charge in [0.2, 0.25) is 0 Å². The third kappa shape index (κ3) is 2.83. The molecule has 0 fully saturated rings. The lowest BCUT2D eigenvalue weighted by Gasteiger charge is -2.17. The molecule has 0 amide bonds. The molecule has 2 atom stereocenters. The van der Waals surface area contributed by atoms with E-state index in [2.05, 4.69) is 59.9 Å². The van der Waals surface area contributed by atoms with Crippen molar-refractivity contribution in [1.29, 1.82) is 0 Å². The Morgan fingerprint density at radius 3 is 2.58 bits per heavy atom. The molecular weight excluding hydrogens is 254 g/mol. The molecule has 0 aromatic heterocycles. The van der Waals surface area contributed by atoms with E-state index in [0.717, 1.165) is 19.4 Å². The van der Waals surface area contributed by atoms with Gasteiger partial charge in [-0.1, -0.05) is 54.6 Å². The van der Waals surface area contributed by atoms with Crippen LogP contribution < -0.4 is 5.32 Å². The maximum Gasteiger partial charge on any atom is 0.0571 e. The van der Waals surface area contributed by atoms with E-state index in [4.69, 9.17) is 11.6 Å². The van der Waals surface area contributed by atoms with Gasteiger partial charge in [-0.15, -0.1) is 11.6 Å². The number of hydrogen-bond donors (Lipinski definition) is 1. The number of benzene rings is 2. The van der Waals surface area contributed by atoms with Crippen LogP contribution >= 0.6 is 11.6 Å². The molecule has 0 bridgehead atoms. The summed E-state index contributed by atoms with van der Waals surface area (Å²) in [4.78, 5) is 0. The minimum Gasteiger partial charge on any atom is -0.308 e. The standard InChI is InChI=1S/C17H18ClN/c18-16-12-14-8-4-5-9-15(14)17(16)19-11-10-13-6-2-1-3-7-13/h1-9,16-17,19H,10-12H2. The first-order valence-electron chi connectivity index (χ1n) is 6.84. The number of halogens is 1. The van der Waals surface area contributed by atoms with Crippen LogP contribution in [0.1, 0.15) is 22.7 Å². The molecule has 2 aromatic carbocycles. The largest absolute Gasteiger partial charge is 0.308 e. The Morgan fingerprint density at radius 2 is 1.74 bits per heavy atom. The number of fused-ring (bicyclic) bond motifs is 1. The molecule has 98 valence electrons. The highest BCUT2D eigenvalue weighted by Crippen LogP contribution is 2.34. The smallest absolute Gasteiger partial charge is 0.0571 e. The Balaban J connectivity index is 1.61. The average molecular weight is 272 g/mol. The van der Waals surface area contributed by atoms with Gasteiger partial charge < -0.3 is 5.32 Å². The summed E-state index contributed by atoms with van der Waals surface area (Å²) < 4.78 is 0. The summed E-state index contributed by atoms with van der Waals surface area (Å²) in [5.41, 5.74) is 4.13. The monoisotopic (exact) mass is 271 g/mol. The Labute approximate surface area is 119 Å². The van der Waals surface area contributed by atoms with Gasteiger partial charge in [0, 0.05) is 6.04 Å². The zero-order valence-corrected chi connectivity index (χ0v) is 11.6. The molecule has 2 heteroatoms. The Bertz CT molecular complexity index is 538. The molecule has 0 aliphatic heterocycles. The van der Waals surface area contributed by atoms with Crippen LogP contribution in [0.25, 0.3) is 0 Å². The first kappa shape index (κ1) is 12.7. The molecule has 3 rings (SSSR count). The van der Waals surface area contributed by atoms with Crippen molar-refractivity contribution in [3.63, 3.8) is 0 Å². The molecule has 1 aliphatic rings. The fourth-order valence-corrected chi connectivity index (χ4v) is 3.19. The van der Waals surface area contributed by atoms with Gasteiger partial charge in [-0.3, -0.25) is 0 Å². The van der Waals surface area contributed by atoms with Gasteiger partial charge in [0.15, 0.2) is 0 Å². The molecule has 2 unspecified atom stereocenters. The Morgan fingerprint density at radius 1 is 1.00 bits per heavy atom. The van der Waals surface area contributed by atoms with Crippen molar-refractivity contribution in [2.75, 3.05) is 6.54 Å². The van der Waals surface area contributed by atoms with E-state index in [-0.39, 0.29) is 5.38 Å². The second kappa shape index (κ2) is 5.77. The maximum absolute atomic E-state index is 6.46. The zero-order chi connectivity index (χ0) is 13.1. The van der Waals surface area contributed by atoms with E-state index >= 15 is 0 Å². The van der Waals surface area contributed by atoms with Crippen molar-refractivity contribution in [2.45, 2.75) is 24.3 Å². The molecule has 0 radical (unpaired) electrons. The van der Waals surface area contributed by atoms with E-state index < -0.39 is 0 Å². The van der Waals surface area contributed by atoms with Crippen LogP contribution in [-0.2, 0) is 12.8 Å². The lowest BCUT2D eigenvalue weighted by Crippen LogP contribution is -2.27. The van der Waals surface area contributed by atoms with Gasteiger partial charge >= 0.3 is 0 Å². The van der Waals surface area contributed by atoms with Crippen molar-refractivity contribution < 1.29 is 0 Å². The second-order valence-corrected chi connectivity index (χ2v) is 5.65. The van der Waals surface area contributed by atoms with Crippen LogP contribution in [0, 0.1) is 0 Å². The maximum atomic E-state index is 6.46. The summed E-state index contributed by atoms with van der Waals surface area (Å²) in [7, 11) is 0. The predicted molar refractivity (Wildman–Crippen MR) is 80.7 cm³/mol. The number of nitrogens with one attached hydrogen (secondary N) is 1. The Kier molecular flexibility index (Phi) is 3.86. The molecule has 1 aliphatic carbocycles. The molecular formula is C17H18ClN. The molecule has 1 nitrogen and oxygen atoms in total. The number of hydrogen-bond acceptors (Lipinski definition) is 1. The van der Waals surface area contributed by atoms with Crippen molar-refractivity contribution >= 4 is 11.6 Å². The van der Waals surface area contributed by atoms with Gasteiger partial charge in [-0.25, -0.2) is 0 Å². The lowest BCUT2D eigenvalue weighted by atomic mass is 10.1. The van der Waals surface area contributed by atoms with E-state index in [0.29, 0.717) is 6.04 Å². The van der Waals surface area contributed by atoms with Crippen LogP contribution in [-0.4, -0.2) is 11.9 Å². The highest BCUT2D eigenvalue weighted by Gasteiger charge is 2.29. The molecule has 2 aromatic rings. The minimum absolute atomic E-state index is 0.174. The average Bonchev–Trinajstić information content (AvgIpc) is 2.76. The quantitative estimate of drug-likeness (QED) is 0.836. The molecule has 1 N–H and O–H groups in total. The number of alkyl halides is 1. The van der Waals surface area contributed by atoms with Crippen molar-refractivity contribution in [3.8, 4) is 0 Å². The van der Waals surface area contributed by atoms with Crippen LogP contribution in [0.3, 0.4) is 0 Å². The predicted octanol–water partition coefficient (Wildman–Crippen LogP) is 3.72. The van der Waals surface area contributed by atoms with Gasteiger partial charge in [-0.2, -0.15) is 0 Å². The van der Waals surface area contributed by atoms with Crippen molar-refractivity contribution in [1.82, 2.24) is 5.32 Å². The SMILES string of the molecule is ClC1Cc2ccccc2C1NCCc1ccccc1. The summed E-state index contributed by atoms with van der Waals surface area (Å²) in [6.45, 7) is 0.965. The third-order valence-corrected chi connectivity index (χ3v) is 4.19. The Hall–Kier alpha value is -1.31. The fraction of sp³-hybridized carbons (Fsp3) is 0.294. The highest BCUT2D eigenvalue weighted by atomic mass is 35.5. The van der Waals surface area contributed by atoms with E-state index in [1.165, 1.54) is 16.7 Å². The van der Waals surface area contributed by atoms with Crippen molar-refractivity contribution in [2.24, 2.45) is 0 Å². The molecule has 19 heavy (non-hydrogen) atoms. The van der Waals surface area contributed by atoms with E-state index in [9.17, 15) is 0 Å². The minimum atomic E-state index is 0.174. The summed E-state index contributed by atoms with van der Waals surface area (Å²) in [5, 5.41) is 3.78. The van der Waals surface area contributed by atoms with E-state index in [1.807, 2.05) is 0 Å². The van der Waals surface area contributed by atoms with Crippen LogP contribution in [0.4, 0.5) is 0 Å². The summed E-state index contributed by atoms with van der Waals surface area (Å²) >= 11 is 6.46. The van der Waals surface area contributed by atoms with Crippen LogP contribution in [0.5, 0.6) is 0 Å². The van der Waals surface area contributed by atoms with Gasteiger partial charge in [0.05, 0.1) is 5.38 Å². The molecule has 0 heterocycles. The summed E-state index contributed by atoms with van der Waals surface area (Å²) in [6.07, 6.45) is 2.02. The zero-order valence-electron chi connectivity index (χ0n) is 10.9. The molecule has 0 spiro atoms. The summed E-state index contributed by atoms with van der Waals surface area (Å²) in [6, 6.07) is 19.4. The normalized spacial score (nSPS) is 21.3. The summed E-state index contributed by atoms with van der Waals surface area (Å²) in [5.74, 6) is 0. The van der Waals surface area contributed by atoms with Gasteiger partial charge in [0.1, 0.15) is 0 Å². The first-order valence-corrected chi connectivity index (χ1v) is 7.27. The van der Waals surface area contributed by atoms with Crippen LogP contribution in [0.2, 0.25) is 0 Å². The second-order valence-electron chi connectivity index (χ2n) is 5.09. The van der Waals surface area contributed by atoms with Crippen LogP contribution in [0.15, 0.2) is 54.6 Å². The molecule has 0 saturated carbocycles. The third-order valence-electron chi connectivity index (χ3n) is 3.79. The highest BCUT2D eigenvalue weighted by molar-refractivity contribution is 6.21.